The number of nitro benzene ring substituents is 1. The van der Waals surface area contributed by atoms with Crippen molar-refractivity contribution in [2.24, 2.45) is 0 Å². The quantitative estimate of drug-likeness (QED) is 0.310. The van der Waals surface area contributed by atoms with Gasteiger partial charge in [0.25, 0.3) is 11.6 Å². The van der Waals surface area contributed by atoms with Gasteiger partial charge in [0.1, 0.15) is 5.69 Å². The van der Waals surface area contributed by atoms with Crippen LogP contribution in [0, 0.1) is 10.1 Å². The minimum absolute atomic E-state index is 0.0607. The first-order chi connectivity index (χ1) is 12.9. The largest absolute Gasteiger partial charge is 0.452 e. The Morgan fingerprint density at radius 3 is 2.52 bits per heavy atom. The Kier molecular flexibility index (Phi) is 4.98. The van der Waals surface area contributed by atoms with Crippen LogP contribution in [0.1, 0.15) is 10.4 Å². The number of hydrogen-bond acceptors (Lipinski definition) is 6. The maximum absolute atomic E-state index is 12.0. The van der Waals surface area contributed by atoms with Crippen LogP contribution in [-0.2, 0) is 9.53 Å². The first-order valence-corrected chi connectivity index (χ1v) is 7.94. The summed E-state index contributed by atoms with van der Waals surface area (Å²) >= 11 is 0. The summed E-state index contributed by atoms with van der Waals surface area (Å²) in [5, 5.41) is 15.5. The second-order valence-corrected chi connectivity index (χ2v) is 5.72. The number of nitrogens with two attached hydrogens (primary N) is 1. The predicted octanol–water partition coefficient (Wildman–Crippen LogP) is 3.13. The number of carbonyl (C=O) groups excluding carboxylic acids is 2. The van der Waals surface area contributed by atoms with Crippen LogP contribution in [0.15, 0.2) is 60.7 Å². The smallest absolute Gasteiger partial charge is 0.338 e. The zero-order chi connectivity index (χ0) is 19.4. The third-order valence-electron chi connectivity index (χ3n) is 3.83. The number of esters is 1. The van der Waals surface area contributed by atoms with E-state index in [4.69, 9.17) is 10.5 Å². The monoisotopic (exact) mass is 365 g/mol. The van der Waals surface area contributed by atoms with Gasteiger partial charge in [0.2, 0.25) is 0 Å². The molecule has 3 N–H and O–H groups in total. The molecule has 0 fully saturated rings. The third kappa shape index (κ3) is 4.18. The number of nitrogens with zero attached hydrogens (tertiary/aromatic N) is 1. The predicted molar refractivity (Wildman–Crippen MR) is 100 cm³/mol. The molecule has 0 saturated carbocycles. The molecule has 136 valence electrons. The molecular formula is C19H15N3O5. The van der Waals surface area contributed by atoms with Crippen LogP contribution in [0.3, 0.4) is 0 Å². The fraction of sp³-hybridized carbons (Fsp3) is 0.0526. The van der Waals surface area contributed by atoms with Gasteiger partial charge >= 0.3 is 5.97 Å². The van der Waals surface area contributed by atoms with Gasteiger partial charge in [0, 0.05) is 11.8 Å². The van der Waals surface area contributed by atoms with Gasteiger partial charge in [-0.25, -0.2) is 4.79 Å². The van der Waals surface area contributed by atoms with E-state index in [2.05, 4.69) is 5.32 Å². The van der Waals surface area contributed by atoms with Crippen LogP contribution < -0.4 is 11.1 Å². The van der Waals surface area contributed by atoms with E-state index >= 15 is 0 Å². The summed E-state index contributed by atoms with van der Waals surface area (Å²) in [6.07, 6.45) is 0. The Bertz CT molecular complexity index is 1050. The Morgan fingerprint density at radius 2 is 1.78 bits per heavy atom. The summed E-state index contributed by atoms with van der Waals surface area (Å²) in [6.45, 7) is -0.524. The molecule has 8 heteroatoms. The fourth-order valence-electron chi connectivity index (χ4n) is 2.51. The average Bonchev–Trinajstić information content (AvgIpc) is 2.66. The number of amides is 1. The molecule has 0 radical (unpaired) electrons. The van der Waals surface area contributed by atoms with E-state index in [9.17, 15) is 19.7 Å². The molecule has 0 spiro atoms. The van der Waals surface area contributed by atoms with Crippen molar-refractivity contribution in [3.63, 3.8) is 0 Å². The first-order valence-electron chi connectivity index (χ1n) is 7.94. The lowest BCUT2D eigenvalue weighted by Gasteiger charge is -2.08. The maximum atomic E-state index is 12.0. The Labute approximate surface area is 153 Å². The molecule has 27 heavy (non-hydrogen) atoms. The number of fused-ring (bicyclic) bond motifs is 1. The number of benzene rings is 3. The normalized spacial score (nSPS) is 10.4. The molecule has 0 bridgehead atoms. The summed E-state index contributed by atoms with van der Waals surface area (Å²) in [5.41, 5.74) is 5.52. The molecule has 0 atom stereocenters. The van der Waals surface area contributed by atoms with Gasteiger partial charge in [0.15, 0.2) is 6.61 Å². The average molecular weight is 365 g/mol. The summed E-state index contributed by atoms with van der Waals surface area (Å²) in [6, 6.07) is 16.6. The lowest BCUT2D eigenvalue weighted by atomic mass is 10.1. The van der Waals surface area contributed by atoms with Crippen molar-refractivity contribution < 1.29 is 19.2 Å². The van der Waals surface area contributed by atoms with Crippen molar-refractivity contribution in [3.05, 3.63) is 76.3 Å². The highest BCUT2D eigenvalue weighted by Crippen LogP contribution is 2.23. The highest BCUT2D eigenvalue weighted by Gasteiger charge is 2.17. The summed E-state index contributed by atoms with van der Waals surface area (Å²) in [7, 11) is 0. The number of nitrogen functional groups attached to an aromatic ring is 1. The molecule has 0 aromatic heterocycles. The number of ether oxygens (including phenoxy) is 1. The topological polar surface area (TPSA) is 125 Å². The molecule has 1 amide bonds. The van der Waals surface area contributed by atoms with Crippen molar-refractivity contribution in [3.8, 4) is 0 Å². The molecule has 0 heterocycles. The molecule has 0 aliphatic heterocycles. The zero-order valence-corrected chi connectivity index (χ0v) is 14.0. The number of carbonyl (C=O) groups is 2. The summed E-state index contributed by atoms with van der Waals surface area (Å²) in [5.74, 6) is -1.38. The standard InChI is InChI=1S/C19H15N3O5/c20-16-8-6-14(10-17(16)22(25)26)19(24)27-11-18(23)21-15-7-5-12-3-1-2-4-13(12)9-15/h1-10H,11,20H2,(H,21,23). The van der Waals surface area contributed by atoms with E-state index in [0.29, 0.717) is 5.69 Å². The van der Waals surface area contributed by atoms with Crippen LogP contribution in [0.5, 0.6) is 0 Å². The van der Waals surface area contributed by atoms with Crippen molar-refractivity contribution >= 4 is 39.7 Å². The number of hydrogen-bond donors (Lipinski definition) is 2. The Hall–Kier alpha value is -3.94. The van der Waals surface area contributed by atoms with Crippen LogP contribution in [-0.4, -0.2) is 23.4 Å². The van der Waals surface area contributed by atoms with E-state index in [1.54, 1.807) is 12.1 Å². The van der Waals surface area contributed by atoms with Crippen LogP contribution >= 0.6 is 0 Å². The van der Waals surface area contributed by atoms with Crippen LogP contribution in [0.4, 0.5) is 17.1 Å². The number of nitrogens with one attached hydrogen (secondary N) is 1. The van der Waals surface area contributed by atoms with Gasteiger partial charge in [0.05, 0.1) is 10.5 Å². The second-order valence-electron chi connectivity index (χ2n) is 5.72. The maximum Gasteiger partial charge on any atom is 0.338 e. The molecule has 3 aromatic rings. The second kappa shape index (κ2) is 7.52. The van der Waals surface area contributed by atoms with Crippen LogP contribution in [0.2, 0.25) is 0 Å². The summed E-state index contributed by atoms with van der Waals surface area (Å²) in [4.78, 5) is 34.2. The molecular weight excluding hydrogens is 350 g/mol. The van der Waals surface area contributed by atoms with Gasteiger partial charge in [-0.15, -0.1) is 0 Å². The highest BCUT2D eigenvalue weighted by molar-refractivity contribution is 5.97. The third-order valence-corrected chi connectivity index (χ3v) is 3.83. The number of nitro groups is 1. The van der Waals surface area contributed by atoms with Gasteiger partial charge in [-0.1, -0.05) is 30.3 Å². The van der Waals surface area contributed by atoms with E-state index in [-0.39, 0.29) is 11.3 Å². The van der Waals surface area contributed by atoms with E-state index in [1.807, 2.05) is 30.3 Å². The van der Waals surface area contributed by atoms with Gasteiger partial charge in [-0.2, -0.15) is 0 Å². The van der Waals surface area contributed by atoms with E-state index in [1.165, 1.54) is 12.1 Å². The fourth-order valence-corrected chi connectivity index (χ4v) is 2.51. The molecule has 0 aliphatic rings. The molecule has 0 aliphatic carbocycles. The van der Waals surface area contributed by atoms with Crippen molar-refractivity contribution in [1.29, 1.82) is 0 Å². The molecule has 0 unspecified atom stereocenters. The lowest BCUT2D eigenvalue weighted by Crippen LogP contribution is -2.21. The Morgan fingerprint density at radius 1 is 1.04 bits per heavy atom. The molecule has 3 rings (SSSR count). The molecule has 8 nitrogen and oxygen atoms in total. The number of anilines is 2. The molecule has 0 saturated heterocycles. The van der Waals surface area contributed by atoms with Gasteiger partial charge < -0.3 is 15.8 Å². The van der Waals surface area contributed by atoms with Gasteiger partial charge in [-0.05, 0) is 35.0 Å². The highest BCUT2D eigenvalue weighted by atomic mass is 16.6. The van der Waals surface area contributed by atoms with Crippen LogP contribution in [0.25, 0.3) is 10.8 Å². The van der Waals surface area contributed by atoms with Crippen molar-refractivity contribution in [2.75, 3.05) is 17.7 Å². The minimum atomic E-state index is -0.855. The number of rotatable bonds is 5. The minimum Gasteiger partial charge on any atom is -0.452 e. The van der Waals surface area contributed by atoms with Crippen molar-refractivity contribution in [2.45, 2.75) is 0 Å². The SMILES string of the molecule is Nc1ccc(C(=O)OCC(=O)Nc2ccc3ccccc3c2)cc1[N+](=O)[O-]. The first kappa shape index (κ1) is 17.9. The molecule has 3 aromatic carbocycles. The summed E-state index contributed by atoms with van der Waals surface area (Å²) < 4.78 is 4.91. The van der Waals surface area contributed by atoms with Gasteiger partial charge in [-0.3, -0.25) is 14.9 Å². The lowest BCUT2D eigenvalue weighted by molar-refractivity contribution is -0.383. The van der Waals surface area contributed by atoms with Crippen molar-refractivity contribution in [1.82, 2.24) is 0 Å². The van der Waals surface area contributed by atoms with E-state index < -0.39 is 29.1 Å². The Balaban J connectivity index is 1.62. The van der Waals surface area contributed by atoms with E-state index in [0.717, 1.165) is 16.8 Å². The zero-order valence-electron chi connectivity index (χ0n) is 14.0.